The monoisotopic (exact) mass is 324 g/mol. The molecule has 18 heavy (non-hydrogen) atoms. The third kappa shape index (κ3) is 3.10. The van der Waals surface area contributed by atoms with E-state index in [-0.39, 0.29) is 6.04 Å². The summed E-state index contributed by atoms with van der Waals surface area (Å²) in [5.41, 5.74) is 9.31. The number of halogens is 2. The lowest BCUT2D eigenvalue weighted by Crippen LogP contribution is -2.15. The predicted molar refractivity (Wildman–Crippen MR) is 78.8 cm³/mol. The summed E-state index contributed by atoms with van der Waals surface area (Å²) in [5.74, 6) is 0. The summed E-state index contributed by atoms with van der Waals surface area (Å²) < 4.78 is 0.974. The molecule has 0 spiro atoms. The van der Waals surface area contributed by atoms with Crippen LogP contribution < -0.4 is 5.73 Å². The van der Waals surface area contributed by atoms with Crippen molar-refractivity contribution in [3.05, 3.63) is 62.8 Å². The fourth-order valence-corrected chi connectivity index (χ4v) is 2.67. The molecule has 1 aromatic carbocycles. The van der Waals surface area contributed by atoms with Crippen molar-refractivity contribution in [2.45, 2.75) is 19.4 Å². The molecule has 0 amide bonds. The standard InChI is InChI=1S/C14H14BrClN2/c1-9-12(3-2-6-18-9)14(17)7-10-4-5-11(15)8-13(10)16/h2-6,8,14H,7,17H2,1H3. The number of rotatable bonds is 3. The van der Waals surface area contributed by atoms with E-state index in [4.69, 9.17) is 17.3 Å². The molecular formula is C14H14BrClN2. The number of aryl methyl sites for hydroxylation is 1. The zero-order valence-electron chi connectivity index (χ0n) is 10.0. The van der Waals surface area contributed by atoms with Gasteiger partial charge in [0.15, 0.2) is 0 Å². The normalized spacial score (nSPS) is 12.4. The summed E-state index contributed by atoms with van der Waals surface area (Å²) in [6.07, 6.45) is 2.48. The van der Waals surface area contributed by atoms with Crippen LogP contribution in [0.3, 0.4) is 0 Å². The Balaban J connectivity index is 2.21. The lowest BCUT2D eigenvalue weighted by atomic mass is 9.99. The minimum absolute atomic E-state index is 0.0858. The van der Waals surface area contributed by atoms with Crippen LogP contribution in [-0.4, -0.2) is 4.98 Å². The Hall–Kier alpha value is -0.900. The molecule has 2 aromatic rings. The molecule has 0 bridgehead atoms. The minimum Gasteiger partial charge on any atom is -0.324 e. The third-order valence-electron chi connectivity index (χ3n) is 2.90. The predicted octanol–water partition coefficient (Wildman–Crippen LogP) is 4.05. The van der Waals surface area contributed by atoms with E-state index >= 15 is 0 Å². The Labute approximate surface area is 120 Å². The van der Waals surface area contributed by atoms with Crippen LogP contribution in [0.25, 0.3) is 0 Å². The van der Waals surface area contributed by atoms with Gasteiger partial charge in [-0.05, 0) is 42.7 Å². The van der Waals surface area contributed by atoms with Gasteiger partial charge in [0, 0.05) is 27.4 Å². The molecule has 0 fully saturated rings. The summed E-state index contributed by atoms with van der Waals surface area (Å²) in [6.45, 7) is 1.97. The van der Waals surface area contributed by atoms with Gasteiger partial charge in [0.2, 0.25) is 0 Å². The second-order valence-electron chi connectivity index (χ2n) is 4.22. The summed E-state index contributed by atoms with van der Waals surface area (Å²) in [4.78, 5) is 4.26. The van der Waals surface area contributed by atoms with Crippen molar-refractivity contribution >= 4 is 27.5 Å². The number of nitrogens with two attached hydrogens (primary N) is 1. The Morgan fingerprint density at radius 1 is 1.39 bits per heavy atom. The average Bonchev–Trinajstić information content (AvgIpc) is 2.33. The van der Waals surface area contributed by atoms with Gasteiger partial charge in [0.05, 0.1) is 0 Å². The highest BCUT2D eigenvalue weighted by molar-refractivity contribution is 9.10. The van der Waals surface area contributed by atoms with E-state index in [0.29, 0.717) is 6.42 Å². The molecule has 0 saturated carbocycles. The first kappa shape index (κ1) is 13.5. The van der Waals surface area contributed by atoms with E-state index in [0.717, 1.165) is 26.3 Å². The lowest BCUT2D eigenvalue weighted by Gasteiger charge is -2.15. The van der Waals surface area contributed by atoms with Gasteiger partial charge in [-0.3, -0.25) is 4.98 Å². The van der Waals surface area contributed by atoms with Crippen molar-refractivity contribution in [2.24, 2.45) is 5.73 Å². The first-order valence-corrected chi connectivity index (χ1v) is 6.86. The molecule has 0 saturated heterocycles. The highest BCUT2D eigenvalue weighted by atomic mass is 79.9. The summed E-state index contributed by atoms with van der Waals surface area (Å²) >= 11 is 9.59. The Kier molecular flexibility index (Phi) is 4.38. The van der Waals surface area contributed by atoms with Crippen LogP contribution in [-0.2, 0) is 6.42 Å². The molecule has 0 aliphatic carbocycles. The van der Waals surface area contributed by atoms with Gasteiger partial charge in [-0.15, -0.1) is 0 Å². The number of hydrogen-bond acceptors (Lipinski definition) is 2. The largest absolute Gasteiger partial charge is 0.324 e. The molecule has 2 N–H and O–H groups in total. The summed E-state index contributed by atoms with van der Waals surface area (Å²) in [7, 11) is 0. The van der Waals surface area contributed by atoms with Crippen LogP contribution in [0, 0.1) is 6.92 Å². The lowest BCUT2D eigenvalue weighted by molar-refractivity contribution is 0.711. The van der Waals surface area contributed by atoms with Crippen molar-refractivity contribution in [3.63, 3.8) is 0 Å². The molecule has 1 aromatic heterocycles. The van der Waals surface area contributed by atoms with Crippen molar-refractivity contribution in [3.8, 4) is 0 Å². The van der Waals surface area contributed by atoms with Crippen LogP contribution in [0.4, 0.5) is 0 Å². The van der Waals surface area contributed by atoms with Gasteiger partial charge in [-0.2, -0.15) is 0 Å². The summed E-state index contributed by atoms with van der Waals surface area (Å²) in [5, 5.41) is 0.737. The molecular weight excluding hydrogens is 312 g/mol. The van der Waals surface area contributed by atoms with E-state index in [9.17, 15) is 0 Å². The molecule has 2 nitrogen and oxygen atoms in total. The van der Waals surface area contributed by atoms with Crippen LogP contribution >= 0.6 is 27.5 Å². The van der Waals surface area contributed by atoms with Crippen molar-refractivity contribution in [1.29, 1.82) is 0 Å². The zero-order valence-corrected chi connectivity index (χ0v) is 12.4. The molecule has 94 valence electrons. The van der Waals surface area contributed by atoms with Crippen LogP contribution in [0.5, 0.6) is 0 Å². The van der Waals surface area contributed by atoms with E-state index < -0.39 is 0 Å². The Bertz CT molecular complexity index is 557. The molecule has 2 rings (SSSR count). The number of hydrogen-bond donors (Lipinski definition) is 1. The van der Waals surface area contributed by atoms with Crippen LogP contribution in [0.15, 0.2) is 41.0 Å². The second kappa shape index (κ2) is 5.83. The molecule has 0 radical (unpaired) electrons. The highest BCUT2D eigenvalue weighted by Gasteiger charge is 2.12. The van der Waals surface area contributed by atoms with Crippen molar-refractivity contribution in [1.82, 2.24) is 4.98 Å². The fraction of sp³-hybridized carbons (Fsp3) is 0.214. The van der Waals surface area contributed by atoms with Crippen molar-refractivity contribution < 1.29 is 0 Å². The number of benzene rings is 1. The topological polar surface area (TPSA) is 38.9 Å². The Morgan fingerprint density at radius 3 is 2.83 bits per heavy atom. The average molecular weight is 326 g/mol. The number of aromatic nitrogens is 1. The van der Waals surface area contributed by atoms with E-state index in [1.807, 2.05) is 37.3 Å². The smallest absolute Gasteiger partial charge is 0.0449 e. The van der Waals surface area contributed by atoms with Gasteiger partial charge in [0.25, 0.3) is 0 Å². The number of nitrogens with zero attached hydrogens (tertiary/aromatic N) is 1. The molecule has 1 heterocycles. The maximum absolute atomic E-state index is 6.22. The minimum atomic E-state index is -0.0858. The molecule has 0 aliphatic heterocycles. The third-order valence-corrected chi connectivity index (χ3v) is 3.75. The second-order valence-corrected chi connectivity index (χ2v) is 5.55. The summed E-state index contributed by atoms with van der Waals surface area (Å²) in [6, 6.07) is 9.70. The van der Waals surface area contributed by atoms with Gasteiger partial charge < -0.3 is 5.73 Å². The van der Waals surface area contributed by atoms with Gasteiger partial charge in [0.1, 0.15) is 0 Å². The fourth-order valence-electron chi connectivity index (χ4n) is 1.92. The molecule has 1 unspecified atom stereocenters. The van der Waals surface area contributed by atoms with Crippen LogP contribution in [0.2, 0.25) is 5.02 Å². The quantitative estimate of drug-likeness (QED) is 0.924. The zero-order chi connectivity index (χ0) is 13.1. The van der Waals surface area contributed by atoms with Crippen molar-refractivity contribution in [2.75, 3.05) is 0 Å². The maximum Gasteiger partial charge on any atom is 0.0449 e. The maximum atomic E-state index is 6.22. The van der Waals surface area contributed by atoms with E-state index in [2.05, 4.69) is 20.9 Å². The SMILES string of the molecule is Cc1ncccc1C(N)Cc1ccc(Br)cc1Cl. The van der Waals surface area contributed by atoms with Gasteiger partial charge >= 0.3 is 0 Å². The van der Waals surface area contributed by atoms with Crippen LogP contribution in [0.1, 0.15) is 22.9 Å². The first-order valence-electron chi connectivity index (χ1n) is 5.69. The van der Waals surface area contributed by atoms with E-state index in [1.165, 1.54) is 0 Å². The highest BCUT2D eigenvalue weighted by Crippen LogP contribution is 2.26. The molecule has 0 aliphatic rings. The Morgan fingerprint density at radius 2 is 2.17 bits per heavy atom. The van der Waals surface area contributed by atoms with Gasteiger partial charge in [-0.25, -0.2) is 0 Å². The first-order chi connectivity index (χ1) is 8.58. The number of pyridine rings is 1. The molecule has 1 atom stereocenters. The van der Waals surface area contributed by atoms with Gasteiger partial charge in [-0.1, -0.05) is 39.7 Å². The van der Waals surface area contributed by atoms with E-state index in [1.54, 1.807) is 6.20 Å². The molecule has 4 heteroatoms.